The number of hydrogen-bond acceptors (Lipinski definition) is 5. The minimum absolute atomic E-state index is 0.186. The fourth-order valence-corrected chi connectivity index (χ4v) is 3.56. The van der Waals surface area contributed by atoms with Crippen LogP contribution in [0.1, 0.15) is 33.9 Å². The molecule has 0 aliphatic carbocycles. The zero-order valence-electron chi connectivity index (χ0n) is 17.6. The molecule has 1 aliphatic rings. The number of amides is 2. The van der Waals surface area contributed by atoms with Crippen molar-refractivity contribution in [1.82, 2.24) is 5.01 Å². The smallest absolute Gasteiger partial charge is 0.281 e. The Morgan fingerprint density at radius 2 is 1.62 bits per heavy atom. The second kappa shape index (κ2) is 9.34. The first-order valence-electron chi connectivity index (χ1n) is 10.2. The SMILES string of the molecule is COc1ccc(C2CC(c3ccccc3)=NN2C(=O)COc2ccc(C(N)=O)cc2)cc1. The molecule has 1 unspecified atom stereocenters. The van der Waals surface area contributed by atoms with E-state index in [4.69, 9.17) is 15.2 Å². The topological polar surface area (TPSA) is 94.2 Å². The monoisotopic (exact) mass is 429 g/mol. The number of nitrogens with zero attached hydrogens (tertiary/aromatic N) is 2. The Labute approximate surface area is 186 Å². The second-order valence-electron chi connectivity index (χ2n) is 7.32. The maximum absolute atomic E-state index is 13.1. The standard InChI is InChI=1S/C25H23N3O4/c1-31-20-11-7-18(8-12-20)23-15-22(17-5-3-2-4-6-17)27-28(23)24(29)16-32-21-13-9-19(10-14-21)25(26)30/h2-14,23H,15-16H2,1H3,(H2,26,30). The van der Waals surface area contributed by atoms with Crippen LogP contribution in [0.5, 0.6) is 11.5 Å². The largest absolute Gasteiger partial charge is 0.497 e. The first-order valence-corrected chi connectivity index (χ1v) is 10.2. The number of rotatable bonds is 7. The third-order valence-electron chi connectivity index (χ3n) is 5.27. The number of primary amides is 1. The van der Waals surface area contributed by atoms with Crippen molar-refractivity contribution in [3.63, 3.8) is 0 Å². The molecule has 2 amide bonds. The summed E-state index contributed by atoms with van der Waals surface area (Å²) in [7, 11) is 1.62. The molecule has 4 rings (SSSR count). The zero-order chi connectivity index (χ0) is 22.5. The van der Waals surface area contributed by atoms with Gasteiger partial charge in [0.2, 0.25) is 5.91 Å². The van der Waals surface area contributed by atoms with E-state index >= 15 is 0 Å². The summed E-state index contributed by atoms with van der Waals surface area (Å²) < 4.78 is 10.9. The molecule has 32 heavy (non-hydrogen) atoms. The third kappa shape index (κ3) is 4.62. The van der Waals surface area contributed by atoms with E-state index in [1.54, 1.807) is 31.4 Å². The Morgan fingerprint density at radius 3 is 2.25 bits per heavy atom. The lowest BCUT2D eigenvalue weighted by Crippen LogP contribution is -2.31. The first kappa shape index (κ1) is 21.1. The first-order chi connectivity index (χ1) is 15.5. The van der Waals surface area contributed by atoms with Crippen LogP contribution >= 0.6 is 0 Å². The molecule has 0 aromatic heterocycles. The van der Waals surface area contributed by atoms with Gasteiger partial charge in [0.15, 0.2) is 6.61 Å². The molecular weight excluding hydrogens is 406 g/mol. The van der Waals surface area contributed by atoms with Gasteiger partial charge in [-0.25, -0.2) is 5.01 Å². The molecule has 162 valence electrons. The van der Waals surface area contributed by atoms with Crippen molar-refractivity contribution in [2.45, 2.75) is 12.5 Å². The van der Waals surface area contributed by atoms with Gasteiger partial charge in [0.05, 0.1) is 18.9 Å². The Morgan fingerprint density at radius 1 is 0.969 bits per heavy atom. The molecule has 0 bridgehead atoms. The third-order valence-corrected chi connectivity index (χ3v) is 5.27. The highest BCUT2D eigenvalue weighted by Gasteiger charge is 2.33. The second-order valence-corrected chi connectivity index (χ2v) is 7.32. The number of nitrogens with two attached hydrogens (primary N) is 1. The Hall–Kier alpha value is -4.13. The molecule has 0 saturated carbocycles. The van der Waals surface area contributed by atoms with Crippen molar-refractivity contribution >= 4 is 17.5 Å². The summed E-state index contributed by atoms with van der Waals surface area (Å²) in [6, 6.07) is 23.5. The molecule has 0 spiro atoms. The van der Waals surface area contributed by atoms with Crippen molar-refractivity contribution < 1.29 is 19.1 Å². The molecule has 0 fully saturated rings. The van der Waals surface area contributed by atoms with Crippen LogP contribution in [0, 0.1) is 0 Å². The lowest BCUT2D eigenvalue weighted by Gasteiger charge is -2.22. The van der Waals surface area contributed by atoms with Gasteiger partial charge < -0.3 is 15.2 Å². The summed E-state index contributed by atoms with van der Waals surface area (Å²) in [6.07, 6.45) is 0.593. The molecule has 0 radical (unpaired) electrons. The van der Waals surface area contributed by atoms with Gasteiger partial charge in [0.25, 0.3) is 5.91 Å². The molecule has 2 N–H and O–H groups in total. The van der Waals surface area contributed by atoms with Crippen LogP contribution in [-0.2, 0) is 4.79 Å². The minimum Gasteiger partial charge on any atom is -0.497 e. The summed E-state index contributed by atoms with van der Waals surface area (Å²) in [5, 5.41) is 6.12. The van der Waals surface area contributed by atoms with Gasteiger partial charge in [-0.15, -0.1) is 0 Å². The molecule has 1 aliphatic heterocycles. The maximum atomic E-state index is 13.1. The molecule has 7 heteroatoms. The number of ether oxygens (including phenoxy) is 2. The quantitative estimate of drug-likeness (QED) is 0.621. The Kier molecular flexibility index (Phi) is 6.17. The Bertz CT molecular complexity index is 1130. The fraction of sp³-hybridized carbons (Fsp3) is 0.160. The number of carbonyl (C=O) groups excluding carboxylic acids is 2. The molecular formula is C25H23N3O4. The lowest BCUT2D eigenvalue weighted by atomic mass is 9.98. The molecule has 7 nitrogen and oxygen atoms in total. The average molecular weight is 429 g/mol. The number of hydrogen-bond donors (Lipinski definition) is 1. The van der Waals surface area contributed by atoms with Gasteiger partial charge in [0, 0.05) is 12.0 Å². The van der Waals surface area contributed by atoms with Gasteiger partial charge in [-0.05, 0) is 47.5 Å². The van der Waals surface area contributed by atoms with E-state index in [-0.39, 0.29) is 18.6 Å². The van der Waals surface area contributed by atoms with E-state index < -0.39 is 5.91 Å². The average Bonchev–Trinajstić information content (AvgIpc) is 3.29. The summed E-state index contributed by atoms with van der Waals surface area (Å²) in [4.78, 5) is 24.3. The summed E-state index contributed by atoms with van der Waals surface area (Å²) in [6.45, 7) is -0.186. The highest BCUT2D eigenvalue weighted by atomic mass is 16.5. The summed E-state index contributed by atoms with van der Waals surface area (Å²) in [5.41, 5.74) is 8.40. The lowest BCUT2D eigenvalue weighted by molar-refractivity contribution is -0.135. The number of benzene rings is 3. The van der Waals surface area contributed by atoms with Crippen LogP contribution in [-0.4, -0.2) is 36.3 Å². The normalized spacial score (nSPS) is 15.2. The van der Waals surface area contributed by atoms with Crippen LogP contribution in [0.4, 0.5) is 0 Å². The van der Waals surface area contributed by atoms with Crippen LogP contribution in [0.2, 0.25) is 0 Å². The van der Waals surface area contributed by atoms with E-state index in [2.05, 4.69) is 5.10 Å². The zero-order valence-corrected chi connectivity index (χ0v) is 17.6. The van der Waals surface area contributed by atoms with E-state index in [9.17, 15) is 9.59 Å². The molecule has 1 atom stereocenters. The van der Waals surface area contributed by atoms with Crippen molar-refractivity contribution in [1.29, 1.82) is 0 Å². The summed E-state index contributed by atoms with van der Waals surface area (Å²) >= 11 is 0. The molecule has 0 saturated heterocycles. The van der Waals surface area contributed by atoms with Crippen LogP contribution in [0.3, 0.4) is 0 Å². The maximum Gasteiger partial charge on any atom is 0.281 e. The highest BCUT2D eigenvalue weighted by molar-refractivity contribution is 6.03. The van der Waals surface area contributed by atoms with Crippen LogP contribution in [0.15, 0.2) is 84.0 Å². The van der Waals surface area contributed by atoms with Crippen molar-refractivity contribution in [3.05, 3.63) is 95.6 Å². The van der Waals surface area contributed by atoms with E-state index in [0.29, 0.717) is 17.7 Å². The molecule has 3 aromatic carbocycles. The van der Waals surface area contributed by atoms with Gasteiger partial charge in [-0.2, -0.15) is 5.10 Å². The molecule has 3 aromatic rings. The number of carbonyl (C=O) groups is 2. The van der Waals surface area contributed by atoms with Gasteiger partial charge in [-0.1, -0.05) is 42.5 Å². The fourth-order valence-electron chi connectivity index (χ4n) is 3.56. The predicted octanol–water partition coefficient (Wildman–Crippen LogP) is 3.55. The predicted molar refractivity (Wildman–Crippen MR) is 121 cm³/mol. The van der Waals surface area contributed by atoms with E-state index in [1.807, 2.05) is 54.6 Å². The van der Waals surface area contributed by atoms with Crippen molar-refractivity contribution in [3.8, 4) is 11.5 Å². The van der Waals surface area contributed by atoms with Crippen molar-refractivity contribution in [2.24, 2.45) is 10.8 Å². The molecule has 1 heterocycles. The highest BCUT2D eigenvalue weighted by Crippen LogP contribution is 2.33. The van der Waals surface area contributed by atoms with Gasteiger partial charge in [0.1, 0.15) is 11.5 Å². The van der Waals surface area contributed by atoms with E-state index in [0.717, 1.165) is 22.6 Å². The number of hydrazone groups is 1. The van der Waals surface area contributed by atoms with Crippen LogP contribution < -0.4 is 15.2 Å². The van der Waals surface area contributed by atoms with Gasteiger partial charge in [-0.3, -0.25) is 9.59 Å². The minimum atomic E-state index is -0.519. The summed E-state index contributed by atoms with van der Waals surface area (Å²) in [5.74, 6) is 0.429. The van der Waals surface area contributed by atoms with Crippen molar-refractivity contribution in [2.75, 3.05) is 13.7 Å². The van der Waals surface area contributed by atoms with Gasteiger partial charge >= 0.3 is 0 Å². The van der Waals surface area contributed by atoms with Crippen LogP contribution in [0.25, 0.3) is 0 Å². The number of methoxy groups -OCH3 is 1. The van der Waals surface area contributed by atoms with E-state index in [1.165, 1.54) is 5.01 Å². The Balaban J connectivity index is 1.54.